The molecule has 2 heterocycles. The summed E-state index contributed by atoms with van der Waals surface area (Å²) in [6, 6.07) is 2.21. The van der Waals surface area contributed by atoms with E-state index in [2.05, 4.69) is 20.1 Å². The van der Waals surface area contributed by atoms with Gasteiger partial charge in [0.15, 0.2) is 0 Å². The van der Waals surface area contributed by atoms with Crippen LogP contribution in [0.2, 0.25) is 0 Å². The summed E-state index contributed by atoms with van der Waals surface area (Å²) in [5, 5.41) is 4.46. The van der Waals surface area contributed by atoms with Gasteiger partial charge in [-0.25, -0.2) is 4.68 Å². The minimum atomic E-state index is -0.0192. The number of aromatic nitrogens is 5. The number of nitrogen functional groups attached to an aromatic ring is 1. The van der Waals surface area contributed by atoms with E-state index >= 15 is 0 Å². The molecule has 7 nitrogen and oxygen atoms in total. The quantitative estimate of drug-likeness (QED) is 0.891. The van der Waals surface area contributed by atoms with E-state index in [0.717, 1.165) is 5.69 Å². The molecule has 0 atom stereocenters. The van der Waals surface area contributed by atoms with Gasteiger partial charge in [-0.2, -0.15) is 20.1 Å². The van der Waals surface area contributed by atoms with Crippen molar-refractivity contribution in [1.29, 1.82) is 0 Å². The number of nitrogens with two attached hydrogens (primary N) is 1. The lowest BCUT2D eigenvalue weighted by atomic mass is 10.3. The molecule has 2 aromatic rings. The molecule has 0 bridgehead atoms. The summed E-state index contributed by atoms with van der Waals surface area (Å²) in [6.45, 7) is 3.80. The zero-order valence-corrected chi connectivity index (χ0v) is 10.9. The summed E-state index contributed by atoms with van der Waals surface area (Å²) in [4.78, 5) is 12.2. The van der Waals surface area contributed by atoms with Crippen LogP contribution in [0.5, 0.6) is 6.01 Å². The maximum atomic E-state index is 5.67. The lowest BCUT2D eigenvalue weighted by Crippen LogP contribution is -2.13. The van der Waals surface area contributed by atoms with E-state index in [4.69, 9.17) is 10.5 Å². The highest BCUT2D eigenvalue weighted by molar-refractivity contribution is 5.25. The summed E-state index contributed by atoms with van der Waals surface area (Å²) >= 11 is 0. The molecule has 2 aromatic heterocycles. The lowest BCUT2D eigenvalue weighted by molar-refractivity contribution is 0.221. The maximum Gasteiger partial charge on any atom is 0.323 e. The predicted molar refractivity (Wildman–Crippen MR) is 69.1 cm³/mol. The Balaban J connectivity index is 1.91. The van der Waals surface area contributed by atoms with Crippen LogP contribution in [-0.4, -0.2) is 30.8 Å². The lowest BCUT2D eigenvalue weighted by Gasteiger charge is -2.08. The number of hydrogen-bond acceptors (Lipinski definition) is 6. The molecule has 0 radical (unpaired) electrons. The summed E-state index contributed by atoms with van der Waals surface area (Å²) in [5.74, 6) is 1.10. The van der Waals surface area contributed by atoms with Gasteiger partial charge in [-0.05, 0) is 32.8 Å². The van der Waals surface area contributed by atoms with Crippen LogP contribution in [0.15, 0.2) is 12.3 Å². The van der Waals surface area contributed by atoms with E-state index in [-0.39, 0.29) is 18.1 Å². The van der Waals surface area contributed by atoms with Crippen LogP contribution in [0.3, 0.4) is 0 Å². The van der Waals surface area contributed by atoms with Crippen molar-refractivity contribution in [1.82, 2.24) is 24.7 Å². The van der Waals surface area contributed by atoms with E-state index in [0.29, 0.717) is 11.9 Å². The van der Waals surface area contributed by atoms with Gasteiger partial charge in [-0.1, -0.05) is 0 Å². The van der Waals surface area contributed by atoms with Gasteiger partial charge in [-0.15, -0.1) is 0 Å². The van der Waals surface area contributed by atoms with Crippen molar-refractivity contribution in [2.24, 2.45) is 0 Å². The number of hydrogen-bond donors (Lipinski definition) is 1. The second kappa shape index (κ2) is 4.49. The highest BCUT2D eigenvalue weighted by Crippen LogP contribution is 2.38. The molecule has 0 amide bonds. The van der Waals surface area contributed by atoms with Crippen LogP contribution >= 0.6 is 0 Å². The molecule has 0 spiro atoms. The van der Waals surface area contributed by atoms with Crippen LogP contribution in [0.4, 0.5) is 5.95 Å². The summed E-state index contributed by atoms with van der Waals surface area (Å²) in [7, 11) is 0. The number of nitrogens with zero attached hydrogens (tertiary/aromatic N) is 5. The van der Waals surface area contributed by atoms with E-state index < -0.39 is 0 Å². The molecule has 1 saturated carbocycles. The average molecular weight is 260 g/mol. The highest BCUT2D eigenvalue weighted by Gasteiger charge is 2.26. The Kier molecular flexibility index (Phi) is 2.81. The van der Waals surface area contributed by atoms with Crippen LogP contribution in [0.1, 0.15) is 38.3 Å². The van der Waals surface area contributed by atoms with Gasteiger partial charge in [0.05, 0.1) is 11.8 Å². The van der Waals surface area contributed by atoms with Crippen molar-refractivity contribution in [2.45, 2.75) is 38.7 Å². The Morgan fingerprint density at radius 2 is 2.11 bits per heavy atom. The molecule has 0 aliphatic heterocycles. The van der Waals surface area contributed by atoms with E-state index in [1.54, 1.807) is 4.68 Å². The van der Waals surface area contributed by atoms with Crippen molar-refractivity contribution in [3.63, 3.8) is 0 Å². The average Bonchev–Trinajstić information content (AvgIpc) is 3.05. The Labute approximate surface area is 110 Å². The smallest absolute Gasteiger partial charge is 0.323 e. The molecule has 1 fully saturated rings. The van der Waals surface area contributed by atoms with Gasteiger partial charge < -0.3 is 10.5 Å². The standard InChI is InChI=1S/C12H16N6O/c1-7(2)19-12-15-10(13)14-11(16-12)18-6-5-9(17-18)8-3-4-8/h5-8H,3-4H2,1-2H3,(H2,13,14,15,16). The Hall–Kier alpha value is -2.18. The first-order chi connectivity index (χ1) is 9.11. The zero-order valence-electron chi connectivity index (χ0n) is 10.9. The summed E-state index contributed by atoms with van der Waals surface area (Å²) < 4.78 is 7.05. The normalized spacial score (nSPS) is 14.9. The number of ether oxygens (including phenoxy) is 1. The number of anilines is 1. The molecule has 3 rings (SSSR count). The molecule has 2 N–H and O–H groups in total. The SMILES string of the molecule is CC(C)Oc1nc(N)nc(-n2ccc(C3CC3)n2)n1. The largest absolute Gasteiger partial charge is 0.461 e. The molecule has 1 aliphatic rings. The van der Waals surface area contributed by atoms with Crippen molar-refractivity contribution in [3.8, 4) is 12.0 Å². The van der Waals surface area contributed by atoms with Gasteiger partial charge >= 0.3 is 6.01 Å². The van der Waals surface area contributed by atoms with Gasteiger partial charge in [-0.3, -0.25) is 0 Å². The Bertz CT molecular complexity index is 590. The maximum absolute atomic E-state index is 5.67. The predicted octanol–water partition coefficient (Wildman–Crippen LogP) is 1.30. The minimum absolute atomic E-state index is 0.0192. The summed E-state index contributed by atoms with van der Waals surface area (Å²) in [5.41, 5.74) is 6.74. The van der Waals surface area contributed by atoms with Crippen LogP contribution in [-0.2, 0) is 0 Å². The zero-order chi connectivity index (χ0) is 13.4. The van der Waals surface area contributed by atoms with Crippen LogP contribution in [0, 0.1) is 0 Å². The second-order valence-electron chi connectivity index (χ2n) is 4.90. The van der Waals surface area contributed by atoms with Crippen LogP contribution < -0.4 is 10.5 Å². The van der Waals surface area contributed by atoms with Crippen molar-refractivity contribution >= 4 is 5.95 Å². The molecule has 19 heavy (non-hydrogen) atoms. The van der Waals surface area contributed by atoms with Crippen molar-refractivity contribution < 1.29 is 4.74 Å². The van der Waals surface area contributed by atoms with E-state index in [9.17, 15) is 0 Å². The van der Waals surface area contributed by atoms with Gasteiger partial charge in [0.25, 0.3) is 5.95 Å². The van der Waals surface area contributed by atoms with Gasteiger partial charge in [0.2, 0.25) is 5.95 Å². The molecule has 7 heteroatoms. The third-order valence-electron chi connectivity index (χ3n) is 2.77. The fourth-order valence-electron chi connectivity index (χ4n) is 1.77. The first kappa shape index (κ1) is 11.9. The highest BCUT2D eigenvalue weighted by atomic mass is 16.5. The minimum Gasteiger partial charge on any atom is -0.461 e. The fourth-order valence-corrected chi connectivity index (χ4v) is 1.77. The van der Waals surface area contributed by atoms with Gasteiger partial charge in [0, 0.05) is 12.1 Å². The van der Waals surface area contributed by atoms with Crippen molar-refractivity contribution in [2.75, 3.05) is 5.73 Å². The molecule has 1 aliphatic carbocycles. The van der Waals surface area contributed by atoms with Crippen LogP contribution in [0.25, 0.3) is 5.95 Å². The number of rotatable bonds is 4. The fraction of sp³-hybridized carbons (Fsp3) is 0.500. The molecule has 0 aromatic carbocycles. The first-order valence-corrected chi connectivity index (χ1v) is 6.36. The molecular weight excluding hydrogens is 244 g/mol. The molecule has 0 unspecified atom stereocenters. The monoisotopic (exact) mass is 260 g/mol. The Morgan fingerprint density at radius 1 is 1.32 bits per heavy atom. The third-order valence-corrected chi connectivity index (χ3v) is 2.77. The molecule has 100 valence electrons. The van der Waals surface area contributed by atoms with Crippen molar-refractivity contribution in [3.05, 3.63) is 18.0 Å². The molecule has 0 saturated heterocycles. The summed E-state index contributed by atoms with van der Waals surface area (Å²) in [6.07, 6.45) is 4.23. The van der Waals surface area contributed by atoms with E-state index in [1.165, 1.54) is 12.8 Å². The first-order valence-electron chi connectivity index (χ1n) is 6.36. The second-order valence-corrected chi connectivity index (χ2v) is 4.90. The third kappa shape index (κ3) is 2.64. The molecular formula is C12H16N6O. The van der Waals surface area contributed by atoms with Gasteiger partial charge in [0.1, 0.15) is 0 Å². The topological polar surface area (TPSA) is 91.7 Å². The Morgan fingerprint density at radius 3 is 2.79 bits per heavy atom. The van der Waals surface area contributed by atoms with E-state index in [1.807, 2.05) is 26.1 Å².